The van der Waals surface area contributed by atoms with Crippen molar-refractivity contribution >= 4 is 29.3 Å². The average Bonchev–Trinajstić information content (AvgIpc) is 2.96. The predicted octanol–water partition coefficient (Wildman–Crippen LogP) is 4.37. The van der Waals surface area contributed by atoms with Crippen molar-refractivity contribution < 1.29 is 9.18 Å². The minimum atomic E-state index is -0.396. The second kappa shape index (κ2) is 6.08. The molecule has 1 heterocycles. The second-order valence-electron chi connectivity index (χ2n) is 4.79. The van der Waals surface area contributed by atoms with E-state index in [1.807, 2.05) is 24.3 Å². The van der Waals surface area contributed by atoms with E-state index >= 15 is 0 Å². The third-order valence-electron chi connectivity index (χ3n) is 3.36. The molecule has 2 aromatic carbocycles. The van der Waals surface area contributed by atoms with E-state index in [1.54, 1.807) is 28.8 Å². The van der Waals surface area contributed by atoms with Crippen molar-refractivity contribution in [2.75, 3.05) is 12.3 Å². The molecule has 0 saturated carbocycles. The number of benzene rings is 2. The van der Waals surface area contributed by atoms with Crippen molar-refractivity contribution in [2.24, 2.45) is 0 Å². The summed E-state index contributed by atoms with van der Waals surface area (Å²) in [5.74, 6) is 0.314. The number of rotatable bonds is 2. The van der Waals surface area contributed by atoms with Crippen LogP contribution in [0.3, 0.4) is 0 Å². The van der Waals surface area contributed by atoms with Gasteiger partial charge in [0.1, 0.15) is 11.2 Å². The van der Waals surface area contributed by atoms with Gasteiger partial charge in [-0.05, 0) is 35.9 Å². The van der Waals surface area contributed by atoms with Crippen molar-refractivity contribution in [1.82, 2.24) is 4.90 Å². The van der Waals surface area contributed by atoms with Crippen molar-refractivity contribution in [2.45, 2.75) is 5.37 Å². The Morgan fingerprint density at radius 1 is 1.24 bits per heavy atom. The highest BCUT2D eigenvalue weighted by Gasteiger charge is 2.31. The molecule has 1 fully saturated rings. The van der Waals surface area contributed by atoms with Crippen molar-refractivity contribution in [3.63, 3.8) is 0 Å². The summed E-state index contributed by atoms with van der Waals surface area (Å²) in [7, 11) is 0. The van der Waals surface area contributed by atoms with Gasteiger partial charge in [-0.3, -0.25) is 4.79 Å². The van der Waals surface area contributed by atoms with Crippen LogP contribution in [0.2, 0.25) is 5.02 Å². The van der Waals surface area contributed by atoms with Crippen molar-refractivity contribution in [1.29, 1.82) is 0 Å². The molecule has 2 aromatic rings. The normalized spacial score (nSPS) is 18.0. The highest BCUT2D eigenvalue weighted by atomic mass is 35.5. The zero-order valence-corrected chi connectivity index (χ0v) is 12.7. The molecule has 21 heavy (non-hydrogen) atoms. The third-order valence-corrected chi connectivity index (χ3v) is 4.85. The molecule has 0 radical (unpaired) electrons. The second-order valence-corrected chi connectivity index (χ2v) is 6.41. The lowest BCUT2D eigenvalue weighted by Gasteiger charge is -2.24. The fourth-order valence-corrected chi connectivity index (χ4v) is 3.85. The first-order chi connectivity index (χ1) is 10.1. The van der Waals surface area contributed by atoms with Gasteiger partial charge in [-0.1, -0.05) is 29.8 Å². The fourth-order valence-electron chi connectivity index (χ4n) is 2.40. The largest absolute Gasteiger partial charge is 0.322 e. The Hall–Kier alpha value is -1.52. The standard InChI is InChI=1S/C16H13ClFNOS/c17-13-5-1-4-12(9-13)16-19(7-8-21-16)15(20)11-3-2-6-14(18)10-11/h1-6,9-10,16H,7-8H2/t16-/m1/s1. The van der Waals surface area contributed by atoms with Crippen LogP contribution in [0.25, 0.3) is 0 Å². The lowest BCUT2D eigenvalue weighted by atomic mass is 10.1. The van der Waals surface area contributed by atoms with Crippen LogP contribution in [0.1, 0.15) is 21.3 Å². The molecule has 1 aliphatic heterocycles. The first kappa shape index (κ1) is 14.4. The minimum absolute atomic E-state index is 0.0699. The SMILES string of the molecule is O=C(c1cccc(F)c1)N1CCS[C@@H]1c1cccc(Cl)c1. The zero-order valence-electron chi connectivity index (χ0n) is 11.1. The fraction of sp³-hybridized carbons (Fsp3) is 0.188. The van der Waals surface area contributed by atoms with Gasteiger partial charge in [0.2, 0.25) is 0 Å². The Bertz CT molecular complexity index is 679. The maximum absolute atomic E-state index is 13.3. The number of amides is 1. The number of nitrogens with zero attached hydrogens (tertiary/aromatic N) is 1. The molecule has 1 saturated heterocycles. The third kappa shape index (κ3) is 3.06. The van der Waals surface area contributed by atoms with Gasteiger partial charge >= 0.3 is 0 Å². The highest BCUT2D eigenvalue weighted by Crippen LogP contribution is 2.39. The highest BCUT2D eigenvalue weighted by molar-refractivity contribution is 7.99. The van der Waals surface area contributed by atoms with E-state index in [0.29, 0.717) is 17.1 Å². The maximum Gasteiger partial charge on any atom is 0.255 e. The molecule has 3 rings (SSSR count). The maximum atomic E-state index is 13.3. The Labute approximate surface area is 131 Å². The summed E-state index contributed by atoms with van der Waals surface area (Å²) in [6, 6.07) is 13.3. The van der Waals surface area contributed by atoms with Gasteiger partial charge in [0, 0.05) is 22.9 Å². The van der Waals surface area contributed by atoms with Gasteiger partial charge in [-0.2, -0.15) is 0 Å². The molecule has 1 atom stereocenters. The molecule has 1 aliphatic rings. The van der Waals surface area contributed by atoms with E-state index in [4.69, 9.17) is 11.6 Å². The summed E-state index contributed by atoms with van der Waals surface area (Å²) in [5.41, 5.74) is 1.37. The van der Waals surface area contributed by atoms with E-state index < -0.39 is 5.82 Å². The van der Waals surface area contributed by atoms with E-state index in [1.165, 1.54) is 12.1 Å². The van der Waals surface area contributed by atoms with Gasteiger partial charge in [0.15, 0.2) is 0 Å². The quantitative estimate of drug-likeness (QED) is 0.818. The Morgan fingerprint density at radius 3 is 2.81 bits per heavy atom. The Balaban J connectivity index is 1.89. The van der Waals surface area contributed by atoms with Gasteiger partial charge in [0.25, 0.3) is 5.91 Å². The van der Waals surface area contributed by atoms with E-state index in [9.17, 15) is 9.18 Å². The van der Waals surface area contributed by atoms with Crippen LogP contribution in [0.5, 0.6) is 0 Å². The van der Waals surface area contributed by atoms with Gasteiger partial charge in [-0.25, -0.2) is 4.39 Å². The van der Waals surface area contributed by atoms with Gasteiger partial charge in [0.05, 0.1) is 0 Å². The van der Waals surface area contributed by atoms with Crippen LogP contribution in [0.4, 0.5) is 4.39 Å². The van der Waals surface area contributed by atoms with Crippen LogP contribution >= 0.6 is 23.4 Å². The van der Waals surface area contributed by atoms with E-state index in [-0.39, 0.29) is 11.3 Å². The predicted molar refractivity (Wildman–Crippen MR) is 84.1 cm³/mol. The molecule has 2 nitrogen and oxygen atoms in total. The molecule has 0 aliphatic carbocycles. The van der Waals surface area contributed by atoms with Gasteiger partial charge in [-0.15, -0.1) is 11.8 Å². The van der Waals surface area contributed by atoms with Crippen LogP contribution < -0.4 is 0 Å². The zero-order chi connectivity index (χ0) is 14.8. The Morgan fingerprint density at radius 2 is 2.05 bits per heavy atom. The smallest absolute Gasteiger partial charge is 0.255 e. The van der Waals surface area contributed by atoms with Crippen LogP contribution in [0.15, 0.2) is 48.5 Å². The average molecular weight is 322 g/mol. The number of thioether (sulfide) groups is 1. The lowest BCUT2D eigenvalue weighted by molar-refractivity contribution is 0.0760. The number of hydrogen-bond donors (Lipinski definition) is 0. The van der Waals surface area contributed by atoms with Crippen LogP contribution in [0, 0.1) is 5.82 Å². The molecule has 0 bridgehead atoms. The van der Waals surface area contributed by atoms with Crippen molar-refractivity contribution in [3.05, 3.63) is 70.5 Å². The molecule has 0 unspecified atom stereocenters. The van der Waals surface area contributed by atoms with E-state index in [2.05, 4.69) is 0 Å². The summed E-state index contributed by atoms with van der Waals surface area (Å²) >= 11 is 7.72. The summed E-state index contributed by atoms with van der Waals surface area (Å²) in [6.45, 7) is 0.650. The number of hydrogen-bond acceptors (Lipinski definition) is 2. The van der Waals surface area contributed by atoms with Crippen molar-refractivity contribution in [3.8, 4) is 0 Å². The molecular formula is C16H13ClFNOS. The lowest BCUT2D eigenvalue weighted by Crippen LogP contribution is -2.30. The van der Waals surface area contributed by atoms with Crippen LogP contribution in [-0.4, -0.2) is 23.1 Å². The minimum Gasteiger partial charge on any atom is -0.322 e. The Kier molecular flexibility index (Phi) is 4.17. The van der Waals surface area contributed by atoms with E-state index in [0.717, 1.165) is 11.3 Å². The molecule has 108 valence electrons. The number of carbonyl (C=O) groups is 1. The van der Waals surface area contributed by atoms with Crippen LogP contribution in [-0.2, 0) is 0 Å². The molecule has 5 heteroatoms. The summed E-state index contributed by atoms with van der Waals surface area (Å²) in [6.07, 6.45) is 0. The number of carbonyl (C=O) groups excluding carboxylic acids is 1. The molecule has 0 aromatic heterocycles. The molecule has 0 N–H and O–H groups in total. The molecule has 1 amide bonds. The first-order valence-corrected chi connectivity index (χ1v) is 8.01. The van der Waals surface area contributed by atoms with Gasteiger partial charge < -0.3 is 4.90 Å². The summed E-state index contributed by atoms with van der Waals surface area (Å²) in [5, 5.41) is 0.581. The topological polar surface area (TPSA) is 20.3 Å². The number of halogens is 2. The first-order valence-electron chi connectivity index (χ1n) is 6.59. The summed E-state index contributed by atoms with van der Waals surface area (Å²) in [4.78, 5) is 14.3. The monoisotopic (exact) mass is 321 g/mol. The summed E-state index contributed by atoms with van der Waals surface area (Å²) < 4.78 is 13.3. The molecule has 0 spiro atoms. The molecular weight excluding hydrogens is 309 g/mol.